The highest BCUT2D eigenvalue weighted by molar-refractivity contribution is 9.10. The number of carbonyl (C=O) groups is 1. The molecule has 1 aliphatic carbocycles. The van der Waals surface area contributed by atoms with Crippen molar-refractivity contribution in [3.8, 4) is 0 Å². The van der Waals surface area contributed by atoms with Gasteiger partial charge >= 0.3 is 0 Å². The number of pyridine rings is 1. The van der Waals surface area contributed by atoms with Crippen molar-refractivity contribution in [2.75, 3.05) is 0 Å². The zero-order valence-corrected chi connectivity index (χ0v) is 18.0. The molecule has 0 radical (unpaired) electrons. The molecule has 1 fully saturated rings. The average molecular weight is 464 g/mol. The molecule has 2 aromatic heterocycles. The first kappa shape index (κ1) is 19.1. The lowest BCUT2D eigenvalue weighted by molar-refractivity contribution is 0.0927. The number of halogens is 1. The van der Waals surface area contributed by atoms with Gasteiger partial charge in [0.1, 0.15) is 0 Å². The summed E-state index contributed by atoms with van der Waals surface area (Å²) in [6, 6.07) is 12.3. The molecule has 3 aromatic rings. The lowest BCUT2D eigenvalue weighted by Crippen LogP contribution is -2.39. The Labute approximate surface area is 183 Å². The van der Waals surface area contributed by atoms with Crippen molar-refractivity contribution in [1.29, 1.82) is 0 Å². The summed E-state index contributed by atoms with van der Waals surface area (Å²) in [6.07, 6.45) is 7.34. The van der Waals surface area contributed by atoms with E-state index in [-0.39, 0.29) is 11.9 Å². The number of hydrogen-bond acceptors (Lipinski definition) is 4. The number of nitrogens with zero attached hydrogens (tertiary/aromatic N) is 3. The minimum absolute atomic E-state index is 0.0610. The molecule has 0 unspecified atom stereocenters. The molecule has 5 rings (SSSR count). The SMILES string of the molecule is C=C1NN=C(C2CCC(NC(=O)c3cnn4cc(Br)ccc34)CC2)c2ccccc21. The molecule has 30 heavy (non-hydrogen) atoms. The molecule has 0 atom stereocenters. The Balaban J connectivity index is 1.25. The largest absolute Gasteiger partial charge is 0.349 e. The summed E-state index contributed by atoms with van der Waals surface area (Å²) in [5.74, 6) is 0.323. The Bertz CT molecular complexity index is 1170. The Morgan fingerprint density at radius 3 is 2.70 bits per heavy atom. The summed E-state index contributed by atoms with van der Waals surface area (Å²) in [5.41, 5.74) is 8.74. The number of rotatable bonds is 3. The first-order valence-corrected chi connectivity index (χ1v) is 11.0. The van der Waals surface area contributed by atoms with Crippen LogP contribution in [0.25, 0.3) is 11.2 Å². The van der Waals surface area contributed by atoms with E-state index < -0.39 is 0 Å². The molecule has 3 heterocycles. The molecule has 2 aliphatic rings. The van der Waals surface area contributed by atoms with Gasteiger partial charge in [0.15, 0.2) is 0 Å². The number of hydrazone groups is 1. The van der Waals surface area contributed by atoms with Gasteiger partial charge in [-0.3, -0.25) is 10.2 Å². The van der Waals surface area contributed by atoms with Crippen LogP contribution in [0.1, 0.15) is 47.2 Å². The third-order valence-electron chi connectivity index (χ3n) is 6.01. The summed E-state index contributed by atoms with van der Waals surface area (Å²) in [7, 11) is 0. The minimum Gasteiger partial charge on any atom is -0.349 e. The standard InChI is InChI=1S/C23H22BrN5O/c1-14-18-4-2-3-5-19(18)22(28-27-14)15-6-9-17(10-7-15)26-23(30)20-12-25-29-13-16(24)8-11-21(20)29/h2-5,8,11-13,15,17,27H,1,6-7,9-10H2,(H,26,30). The molecular weight excluding hydrogens is 442 g/mol. The van der Waals surface area contributed by atoms with Crippen LogP contribution >= 0.6 is 15.9 Å². The molecule has 1 saturated carbocycles. The zero-order chi connectivity index (χ0) is 20.7. The van der Waals surface area contributed by atoms with E-state index in [9.17, 15) is 4.79 Å². The average Bonchev–Trinajstić information content (AvgIpc) is 3.18. The van der Waals surface area contributed by atoms with Crippen LogP contribution in [0, 0.1) is 5.92 Å². The molecule has 1 amide bonds. The fourth-order valence-corrected chi connectivity index (χ4v) is 4.76. The number of amides is 1. The van der Waals surface area contributed by atoms with E-state index in [2.05, 4.69) is 55.6 Å². The van der Waals surface area contributed by atoms with E-state index in [1.165, 1.54) is 5.56 Å². The van der Waals surface area contributed by atoms with Crippen LogP contribution in [0.2, 0.25) is 0 Å². The first-order valence-electron chi connectivity index (χ1n) is 10.2. The molecule has 1 aromatic carbocycles. The number of hydrogen-bond donors (Lipinski definition) is 2. The smallest absolute Gasteiger partial charge is 0.255 e. The molecule has 7 heteroatoms. The van der Waals surface area contributed by atoms with Crippen LogP contribution in [0.4, 0.5) is 0 Å². The molecule has 6 nitrogen and oxygen atoms in total. The van der Waals surface area contributed by atoms with Crippen LogP contribution in [-0.2, 0) is 0 Å². The van der Waals surface area contributed by atoms with Gasteiger partial charge in [0, 0.05) is 33.8 Å². The third kappa shape index (κ3) is 3.43. The Morgan fingerprint density at radius 2 is 1.90 bits per heavy atom. The highest BCUT2D eigenvalue weighted by atomic mass is 79.9. The number of aromatic nitrogens is 2. The Morgan fingerprint density at radius 1 is 1.13 bits per heavy atom. The first-order chi connectivity index (χ1) is 14.6. The van der Waals surface area contributed by atoms with Gasteiger partial charge in [-0.1, -0.05) is 30.8 Å². The van der Waals surface area contributed by atoms with Gasteiger partial charge in [0.2, 0.25) is 0 Å². The maximum atomic E-state index is 12.8. The lowest BCUT2D eigenvalue weighted by atomic mass is 9.79. The van der Waals surface area contributed by atoms with Crippen molar-refractivity contribution in [2.45, 2.75) is 31.7 Å². The maximum Gasteiger partial charge on any atom is 0.255 e. The van der Waals surface area contributed by atoms with Crippen molar-refractivity contribution < 1.29 is 4.79 Å². The normalized spacial score (nSPS) is 21.0. The van der Waals surface area contributed by atoms with Crippen LogP contribution in [0.5, 0.6) is 0 Å². The molecule has 2 N–H and O–H groups in total. The van der Waals surface area contributed by atoms with E-state index in [4.69, 9.17) is 0 Å². The molecular formula is C23H22BrN5O. The summed E-state index contributed by atoms with van der Waals surface area (Å²) in [4.78, 5) is 12.8. The highest BCUT2D eigenvalue weighted by Crippen LogP contribution is 2.32. The minimum atomic E-state index is -0.0610. The van der Waals surface area contributed by atoms with Gasteiger partial charge in [-0.2, -0.15) is 10.2 Å². The second-order valence-corrected chi connectivity index (χ2v) is 8.81. The predicted molar refractivity (Wildman–Crippen MR) is 121 cm³/mol. The van der Waals surface area contributed by atoms with Crippen molar-refractivity contribution >= 4 is 38.8 Å². The van der Waals surface area contributed by atoms with Gasteiger partial charge in [0.25, 0.3) is 5.91 Å². The number of carbonyl (C=O) groups excluding carboxylic acids is 1. The lowest BCUT2D eigenvalue weighted by Gasteiger charge is -2.32. The van der Waals surface area contributed by atoms with E-state index >= 15 is 0 Å². The number of fused-ring (bicyclic) bond motifs is 2. The fraction of sp³-hybridized carbons (Fsp3) is 0.261. The van der Waals surface area contributed by atoms with E-state index in [0.29, 0.717) is 11.5 Å². The Hall–Kier alpha value is -2.93. The van der Waals surface area contributed by atoms with E-state index in [1.807, 2.05) is 30.5 Å². The van der Waals surface area contributed by atoms with Gasteiger partial charge in [0.05, 0.1) is 28.7 Å². The predicted octanol–water partition coefficient (Wildman–Crippen LogP) is 4.36. The van der Waals surface area contributed by atoms with Crippen molar-refractivity contribution in [1.82, 2.24) is 20.4 Å². The highest BCUT2D eigenvalue weighted by Gasteiger charge is 2.30. The van der Waals surface area contributed by atoms with Crippen LogP contribution in [0.3, 0.4) is 0 Å². The summed E-state index contributed by atoms with van der Waals surface area (Å²) >= 11 is 3.43. The summed E-state index contributed by atoms with van der Waals surface area (Å²) in [5, 5.41) is 12.1. The topological polar surface area (TPSA) is 70.8 Å². The van der Waals surface area contributed by atoms with Crippen LogP contribution < -0.4 is 10.7 Å². The molecule has 152 valence electrons. The molecule has 1 aliphatic heterocycles. The number of nitrogens with one attached hydrogen (secondary N) is 2. The summed E-state index contributed by atoms with van der Waals surface area (Å²) < 4.78 is 2.64. The second kappa shape index (κ2) is 7.72. The van der Waals surface area contributed by atoms with Gasteiger partial charge < -0.3 is 5.32 Å². The van der Waals surface area contributed by atoms with Crippen molar-refractivity contribution in [3.63, 3.8) is 0 Å². The second-order valence-electron chi connectivity index (χ2n) is 7.89. The van der Waals surface area contributed by atoms with Gasteiger partial charge in [-0.05, 0) is 53.7 Å². The zero-order valence-electron chi connectivity index (χ0n) is 16.4. The third-order valence-corrected chi connectivity index (χ3v) is 6.48. The van der Waals surface area contributed by atoms with Crippen LogP contribution in [0.15, 0.2) is 64.9 Å². The Kier molecular flexibility index (Phi) is 4.90. The van der Waals surface area contributed by atoms with E-state index in [0.717, 1.165) is 52.6 Å². The molecule has 0 saturated heterocycles. The quantitative estimate of drug-likeness (QED) is 0.605. The summed E-state index contributed by atoms with van der Waals surface area (Å²) in [6.45, 7) is 4.06. The fourth-order valence-electron chi connectivity index (χ4n) is 4.44. The molecule has 0 spiro atoms. The van der Waals surface area contributed by atoms with Gasteiger partial charge in [-0.15, -0.1) is 0 Å². The monoisotopic (exact) mass is 463 g/mol. The van der Waals surface area contributed by atoms with Gasteiger partial charge in [-0.25, -0.2) is 4.52 Å². The van der Waals surface area contributed by atoms with E-state index in [1.54, 1.807) is 10.7 Å². The number of benzene rings is 1. The maximum absolute atomic E-state index is 12.8. The molecule has 0 bridgehead atoms. The van der Waals surface area contributed by atoms with Crippen molar-refractivity contribution in [2.24, 2.45) is 11.0 Å². The van der Waals surface area contributed by atoms with Crippen LogP contribution in [-0.4, -0.2) is 27.3 Å². The van der Waals surface area contributed by atoms with Crippen molar-refractivity contribution in [3.05, 3.63) is 76.5 Å².